The van der Waals surface area contributed by atoms with Crippen LogP contribution in [0.3, 0.4) is 0 Å². The zero-order valence-corrected chi connectivity index (χ0v) is 12.7. The topological polar surface area (TPSA) is 57.3 Å². The number of hydrogen-bond donors (Lipinski definition) is 2. The van der Waals surface area contributed by atoms with Crippen molar-refractivity contribution in [2.75, 3.05) is 19.6 Å². The van der Waals surface area contributed by atoms with Crippen molar-refractivity contribution >= 4 is 5.91 Å². The lowest BCUT2D eigenvalue weighted by atomic mass is 10.0. The Hall–Kier alpha value is -1.86. The van der Waals surface area contributed by atoms with Crippen LogP contribution in [-0.4, -0.2) is 31.6 Å². The van der Waals surface area contributed by atoms with Crippen molar-refractivity contribution in [3.63, 3.8) is 0 Å². The fraction of sp³-hybridized carbons (Fsp3) is 0.529. The molecule has 1 aliphatic rings. The molecule has 0 aromatic heterocycles. The quantitative estimate of drug-likeness (QED) is 0.797. The van der Waals surface area contributed by atoms with Crippen molar-refractivity contribution in [2.24, 2.45) is 0 Å². The molecule has 4 nitrogen and oxygen atoms in total. The molecular weight excluding hydrogens is 262 g/mol. The molecule has 2 atom stereocenters. The first-order chi connectivity index (χ1) is 10.2. The fourth-order valence-corrected chi connectivity index (χ4v) is 2.97. The molecule has 1 amide bonds. The highest BCUT2D eigenvalue weighted by Crippen LogP contribution is 2.04. The molecule has 0 aliphatic carbocycles. The van der Waals surface area contributed by atoms with Crippen LogP contribution in [0.2, 0.25) is 0 Å². The summed E-state index contributed by atoms with van der Waals surface area (Å²) in [6.07, 6.45) is 5.01. The Morgan fingerprint density at radius 2 is 2.33 bits per heavy atom. The van der Waals surface area contributed by atoms with Crippen LogP contribution >= 0.6 is 0 Å². The minimum absolute atomic E-state index is 0.0891. The number of nitrogens with one attached hydrogen (secondary N) is 2. The Bertz CT molecular complexity index is 521. The molecule has 0 radical (unpaired) electrons. The van der Waals surface area contributed by atoms with Crippen LogP contribution in [0.25, 0.3) is 0 Å². The lowest BCUT2D eigenvalue weighted by Crippen LogP contribution is -3.16. The molecule has 0 bridgehead atoms. The maximum atomic E-state index is 12.0. The Kier molecular flexibility index (Phi) is 5.77. The number of amides is 1. The van der Waals surface area contributed by atoms with Gasteiger partial charge in [0, 0.05) is 18.5 Å². The lowest BCUT2D eigenvalue weighted by molar-refractivity contribution is -0.928. The summed E-state index contributed by atoms with van der Waals surface area (Å²) in [5, 5.41) is 11.8. The summed E-state index contributed by atoms with van der Waals surface area (Å²) in [6.45, 7) is 5.41. The number of hydrogen-bond acceptors (Lipinski definition) is 2. The normalized spacial score (nSPS) is 21.5. The molecule has 1 unspecified atom stereocenters. The molecule has 0 saturated carbocycles. The van der Waals surface area contributed by atoms with Gasteiger partial charge in [-0.15, -0.1) is 0 Å². The van der Waals surface area contributed by atoms with E-state index in [4.69, 9.17) is 5.26 Å². The van der Waals surface area contributed by atoms with Gasteiger partial charge in [0.1, 0.15) is 0 Å². The van der Waals surface area contributed by atoms with E-state index in [1.54, 1.807) is 29.2 Å². The largest absolute Gasteiger partial charge is 0.352 e. The average Bonchev–Trinajstić information content (AvgIpc) is 2.53. The predicted octanol–water partition coefficient (Wildman–Crippen LogP) is 1.14. The number of piperidine rings is 1. The third kappa shape index (κ3) is 4.57. The minimum atomic E-state index is -0.0891. The van der Waals surface area contributed by atoms with E-state index in [-0.39, 0.29) is 5.91 Å². The highest BCUT2D eigenvalue weighted by Gasteiger charge is 2.20. The summed E-state index contributed by atoms with van der Waals surface area (Å²) in [7, 11) is 0. The van der Waals surface area contributed by atoms with Gasteiger partial charge in [-0.05, 0) is 44.4 Å². The van der Waals surface area contributed by atoms with Crippen LogP contribution < -0.4 is 10.2 Å². The Morgan fingerprint density at radius 3 is 3.10 bits per heavy atom. The van der Waals surface area contributed by atoms with E-state index in [2.05, 4.69) is 18.3 Å². The first kappa shape index (κ1) is 15.5. The zero-order valence-electron chi connectivity index (χ0n) is 12.7. The number of benzene rings is 1. The van der Waals surface area contributed by atoms with E-state index in [0.717, 1.165) is 19.0 Å². The smallest absolute Gasteiger partial charge is 0.251 e. The SMILES string of the molecule is C[C@H]1CCCC[NH+]1CCCNC(=O)c1cccc(C#N)c1. The molecule has 1 fully saturated rings. The second kappa shape index (κ2) is 7.80. The van der Waals surface area contributed by atoms with Gasteiger partial charge in [0.25, 0.3) is 5.91 Å². The number of carbonyl (C=O) groups is 1. The summed E-state index contributed by atoms with van der Waals surface area (Å²) >= 11 is 0. The van der Waals surface area contributed by atoms with Gasteiger partial charge in [-0.1, -0.05) is 6.07 Å². The summed E-state index contributed by atoms with van der Waals surface area (Å²) in [4.78, 5) is 13.7. The van der Waals surface area contributed by atoms with Gasteiger partial charge in [-0.25, -0.2) is 0 Å². The van der Waals surface area contributed by atoms with Crippen LogP contribution in [0.4, 0.5) is 0 Å². The summed E-state index contributed by atoms with van der Waals surface area (Å²) < 4.78 is 0. The van der Waals surface area contributed by atoms with E-state index in [0.29, 0.717) is 17.7 Å². The fourth-order valence-electron chi connectivity index (χ4n) is 2.97. The highest BCUT2D eigenvalue weighted by atomic mass is 16.1. The predicted molar refractivity (Wildman–Crippen MR) is 82.1 cm³/mol. The minimum Gasteiger partial charge on any atom is -0.352 e. The Balaban J connectivity index is 1.73. The zero-order chi connectivity index (χ0) is 15.1. The van der Waals surface area contributed by atoms with Crippen molar-refractivity contribution in [1.29, 1.82) is 5.26 Å². The molecule has 21 heavy (non-hydrogen) atoms. The maximum Gasteiger partial charge on any atom is 0.251 e. The van der Waals surface area contributed by atoms with E-state index in [1.807, 2.05) is 0 Å². The second-order valence-electron chi connectivity index (χ2n) is 5.86. The van der Waals surface area contributed by atoms with Crippen molar-refractivity contribution in [3.8, 4) is 6.07 Å². The van der Waals surface area contributed by atoms with E-state index >= 15 is 0 Å². The van der Waals surface area contributed by atoms with Gasteiger partial charge in [0.15, 0.2) is 0 Å². The molecule has 2 N–H and O–H groups in total. The number of nitriles is 1. The molecule has 4 heteroatoms. The van der Waals surface area contributed by atoms with Crippen LogP contribution in [0, 0.1) is 11.3 Å². The van der Waals surface area contributed by atoms with Gasteiger partial charge in [-0.2, -0.15) is 5.26 Å². The molecule has 1 aromatic carbocycles. The number of likely N-dealkylation sites (tertiary alicyclic amines) is 1. The molecule has 1 aromatic rings. The molecular formula is C17H24N3O+. The second-order valence-corrected chi connectivity index (χ2v) is 5.86. The van der Waals surface area contributed by atoms with Gasteiger partial charge in [-0.3, -0.25) is 4.79 Å². The first-order valence-electron chi connectivity index (χ1n) is 7.83. The molecule has 1 saturated heterocycles. The van der Waals surface area contributed by atoms with Crippen LogP contribution in [0.1, 0.15) is 48.5 Å². The number of rotatable bonds is 5. The Labute approximate surface area is 126 Å². The monoisotopic (exact) mass is 286 g/mol. The maximum absolute atomic E-state index is 12.0. The molecule has 112 valence electrons. The number of nitrogens with zero attached hydrogens (tertiary/aromatic N) is 1. The third-order valence-corrected chi connectivity index (χ3v) is 4.30. The highest BCUT2D eigenvalue weighted by molar-refractivity contribution is 5.94. The molecule has 1 heterocycles. The van der Waals surface area contributed by atoms with Gasteiger partial charge >= 0.3 is 0 Å². The van der Waals surface area contributed by atoms with Crippen molar-refractivity contribution in [3.05, 3.63) is 35.4 Å². The summed E-state index contributed by atoms with van der Waals surface area (Å²) in [5.74, 6) is -0.0891. The van der Waals surface area contributed by atoms with Crippen molar-refractivity contribution in [1.82, 2.24) is 5.32 Å². The van der Waals surface area contributed by atoms with Crippen LogP contribution in [-0.2, 0) is 0 Å². The Morgan fingerprint density at radius 1 is 1.48 bits per heavy atom. The van der Waals surface area contributed by atoms with E-state index < -0.39 is 0 Å². The summed E-state index contributed by atoms with van der Waals surface area (Å²) in [5.41, 5.74) is 1.09. The standard InChI is InChI=1S/C17H23N3O/c1-14-6-2-3-10-20(14)11-5-9-19-17(21)16-8-4-7-15(12-16)13-18/h4,7-8,12,14H,2-3,5-6,9-11H2,1H3,(H,19,21)/p+1/t14-/m0/s1. The van der Waals surface area contributed by atoms with Crippen LogP contribution in [0.15, 0.2) is 24.3 Å². The number of carbonyl (C=O) groups excluding carboxylic acids is 1. The average molecular weight is 286 g/mol. The molecule has 1 aliphatic heterocycles. The lowest BCUT2D eigenvalue weighted by Gasteiger charge is -2.30. The molecule has 2 rings (SSSR count). The first-order valence-corrected chi connectivity index (χ1v) is 7.83. The van der Waals surface area contributed by atoms with Gasteiger partial charge in [0.2, 0.25) is 0 Å². The van der Waals surface area contributed by atoms with Crippen molar-refractivity contribution < 1.29 is 9.69 Å². The van der Waals surface area contributed by atoms with Gasteiger partial charge in [0.05, 0.1) is 30.8 Å². The van der Waals surface area contributed by atoms with E-state index in [9.17, 15) is 4.79 Å². The molecule has 0 spiro atoms. The summed E-state index contributed by atoms with van der Waals surface area (Å²) in [6, 6.07) is 9.63. The third-order valence-electron chi connectivity index (χ3n) is 4.30. The van der Waals surface area contributed by atoms with Crippen molar-refractivity contribution in [2.45, 2.75) is 38.6 Å². The number of quaternary nitrogens is 1. The van der Waals surface area contributed by atoms with Crippen LogP contribution in [0.5, 0.6) is 0 Å². The van der Waals surface area contributed by atoms with E-state index in [1.165, 1.54) is 25.8 Å². The van der Waals surface area contributed by atoms with Gasteiger partial charge < -0.3 is 10.2 Å².